The number of hydrogen-bond acceptors (Lipinski definition) is 8. The standard InChI is InChI=1S/C34H37F2N7O2/c1-3-20-7-4-8-21-13-25-23(16-38-41-25)27(26(20)21)30-28(36)29-24(15-37-30)31(42-11-5-9-33(2,44)18-42)40-32(39-29)45-19-34-10-6-12-43(34)17-22(35)14-34/h4,7-8,13,15-16,22,44H,3,5-6,9-12,14,17-19H2,1-2H3,(H,38,41)/t22-,33-,34+/m1/s1. The molecule has 0 radical (unpaired) electrons. The molecule has 45 heavy (non-hydrogen) atoms. The number of β-amino-alcohol motifs (C(OH)–C–C–N with tert-alkyl or cyclic N) is 1. The van der Waals surface area contributed by atoms with Crippen LogP contribution in [0.1, 0.15) is 51.5 Å². The third-order valence-electron chi connectivity index (χ3n) is 10.1. The van der Waals surface area contributed by atoms with Gasteiger partial charge in [0.25, 0.3) is 0 Å². The fourth-order valence-corrected chi connectivity index (χ4v) is 8.03. The molecule has 2 aromatic carbocycles. The van der Waals surface area contributed by atoms with E-state index in [1.54, 1.807) is 19.3 Å². The fourth-order valence-electron chi connectivity index (χ4n) is 8.03. The van der Waals surface area contributed by atoms with Gasteiger partial charge < -0.3 is 14.7 Å². The van der Waals surface area contributed by atoms with Gasteiger partial charge in [0.15, 0.2) is 5.82 Å². The van der Waals surface area contributed by atoms with E-state index < -0.39 is 23.1 Å². The molecule has 0 amide bonds. The van der Waals surface area contributed by atoms with Crippen molar-refractivity contribution in [1.82, 2.24) is 30.0 Å². The van der Waals surface area contributed by atoms with Gasteiger partial charge in [-0.3, -0.25) is 15.0 Å². The zero-order valence-electron chi connectivity index (χ0n) is 25.6. The van der Waals surface area contributed by atoms with Crippen molar-refractivity contribution in [3.8, 4) is 17.3 Å². The average molecular weight is 614 g/mol. The number of aryl methyl sites for hydroxylation is 1. The summed E-state index contributed by atoms with van der Waals surface area (Å²) in [5.41, 5.74) is 1.49. The van der Waals surface area contributed by atoms with Crippen molar-refractivity contribution in [2.24, 2.45) is 0 Å². The van der Waals surface area contributed by atoms with Gasteiger partial charge in [0.1, 0.15) is 29.8 Å². The summed E-state index contributed by atoms with van der Waals surface area (Å²) in [6.45, 7) is 6.35. The Labute approximate surface area is 259 Å². The third kappa shape index (κ3) is 4.70. The first-order valence-electron chi connectivity index (χ1n) is 16.0. The minimum Gasteiger partial charge on any atom is -0.461 e. The fraction of sp³-hybridized carbons (Fsp3) is 0.471. The van der Waals surface area contributed by atoms with Gasteiger partial charge in [-0.15, -0.1) is 0 Å². The van der Waals surface area contributed by atoms with E-state index in [1.165, 1.54) is 0 Å². The summed E-state index contributed by atoms with van der Waals surface area (Å²) in [6, 6.07) is 8.16. The zero-order valence-corrected chi connectivity index (χ0v) is 25.6. The number of fused-ring (bicyclic) bond motifs is 4. The largest absolute Gasteiger partial charge is 0.461 e. The van der Waals surface area contributed by atoms with E-state index >= 15 is 4.39 Å². The van der Waals surface area contributed by atoms with E-state index in [9.17, 15) is 9.50 Å². The molecule has 3 aromatic heterocycles. The van der Waals surface area contributed by atoms with Gasteiger partial charge in [0.2, 0.25) is 0 Å². The number of piperidine rings is 1. The molecule has 0 spiro atoms. The predicted octanol–water partition coefficient (Wildman–Crippen LogP) is 5.73. The predicted molar refractivity (Wildman–Crippen MR) is 170 cm³/mol. The number of H-pyrrole nitrogens is 1. The lowest BCUT2D eigenvalue weighted by Gasteiger charge is -2.38. The first kappa shape index (κ1) is 28.5. The van der Waals surface area contributed by atoms with E-state index in [-0.39, 0.29) is 23.8 Å². The number of alkyl halides is 1. The third-order valence-corrected chi connectivity index (χ3v) is 10.1. The Morgan fingerprint density at radius 2 is 2.00 bits per heavy atom. The van der Waals surface area contributed by atoms with Gasteiger partial charge >= 0.3 is 6.01 Å². The molecular weight excluding hydrogens is 576 g/mol. The van der Waals surface area contributed by atoms with Crippen LogP contribution >= 0.6 is 0 Å². The van der Waals surface area contributed by atoms with Crippen LogP contribution in [0.15, 0.2) is 36.7 Å². The molecule has 8 rings (SSSR count). The number of nitrogens with one attached hydrogen (secondary N) is 1. The SMILES string of the molecule is CCc1cccc2cc3[nH]ncc3c(-c3ncc4c(N5CCC[C@@](C)(O)C5)nc(OC[C@@]56CCCN5C[C@H](F)C6)nc4c3F)c12. The van der Waals surface area contributed by atoms with Crippen LogP contribution in [-0.4, -0.2) is 85.3 Å². The molecule has 11 heteroatoms. The second-order valence-electron chi connectivity index (χ2n) is 13.4. The van der Waals surface area contributed by atoms with E-state index in [1.807, 2.05) is 23.1 Å². The van der Waals surface area contributed by atoms with E-state index in [0.29, 0.717) is 49.2 Å². The van der Waals surface area contributed by atoms with Crippen LogP contribution < -0.4 is 9.64 Å². The van der Waals surface area contributed by atoms with Gasteiger partial charge in [-0.25, -0.2) is 8.78 Å². The van der Waals surface area contributed by atoms with Gasteiger partial charge in [-0.1, -0.05) is 25.1 Å². The van der Waals surface area contributed by atoms with Crippen molar-refractivity contribution >= 4 is 38.4 Å². The summed E-state index contributed by atoms with van der Waals surface area (Å²) < 4.78 is 37.8. The second-order valence-corrected chi connectivity index (χ2v) is 13.4. The highest BCUT2D eigenvalue weighted by Gasteiger charge is 2.49. The van der Waals surface area contributed by atoms with Crippen LogP contribution in [-0.2, 0) is 6.42 Å². The lowest BCUT2D eigenvalue weighted by molar-refractivity contribution is 0.0447. The molecule has 0 unspecified atom stereocenters. The molecule has 0 saturated carbocycles. The summed E-state index contributed by atoms with van der Waals surface area (Å²) in [6.07, 6.45) is 6.88. The highest BCUT2D eigenvalue weighted by atomic mass is 19.1. The Kier molecular flexibility index (Phi) is 6.69. The Morgan fingerprint density at radius 3 is 2.84 bits per heavy atom. The molecule has 0 aliphatic carbocycles. The van der Waals surface area contributed by atoms with Crippen LogP contribution in [0.4, 0.5) is 14.6 Å². The Hall–Kier alpha value is -3.96. The Balaban J connectivity index is 1.31. The minimum atomic E-state index is -0.919. The quantitative estimate of drug-likeness (QED) is 0.250. The molecule has 3 aliphatic heterocycles. The summed E-state index contributed by atoms with van der Waals surface area (Å²) >= 11 is 0. The number of rotatable bonds is 6. The molecular formula is C34H37F2N7O2. The van der Waals surface area contributed by atoms with Crippen molar-refractivity contribution in [3.05, 3.63) is 48.0 Å². The maximum absolute atomic E-state index is 17.1. The number of nitrogens with zero attached hydrogens (tertiary/aromatic N) is 6. The lowest BCUT2D eigenvalue weighted by Crippen LogP contribution is -2.46. The molecule has 3 saturated heterocycles. The van der Waals surface area contributed by atoms with Crippen molar-refractivity contribution in [2.45, 2.75) is 69.7 Å². The first-order valence-corrected chi connectivity index (χ1v) is 16.0. The average Bonchev–Trinajstić information content (AvgIpc) is 3.72. The van der Waals surface area contributed by atoms with Gasteiger partial charge in [0.05, 0.1) is 28.2 Å². The van der Waals surface area contributed by atoms with E-state index in [0.717, 1.165) is 59.5 Å². The van der Waals surface area contributed by atoms with Crippen molar-refractivity contribution < 1.29 is 18.6 Å². The lowest BCUT2D eigenvalue weighted by atomic mass is 9.92. The van der Waals surface area contributed by atoms with Crippen LogP contribution in [0.3, 0.4) is 0 Å². The minimum absolute atomic E-state index is 0.0444. The first-order chi connectivity index (χ1) is 21.7. The summed E-state index contributed by atoms with van der Waals surface area (Å²) in [4.78, 5) is 18.3. The number of halogens is 2. The highest BCUT2D eigenvalue weighted by Crippen LogP contribution is 2.42. The van der Waals surface area contributed by atoms with Gasteiger partial charge in [-0.2, -0.15) is 15.1 Å². The topological polar surface area (TPSA) is 103 Å². The molecule has 9 nitrogen and oxygen atoms in total. The van der Waals surface area contributed by atoms with Gasteiger partial charge in [0, 0.05) is 43.2 Å². The molecule has 0 bridgehead atoms. The summed E-state index contributed by atoms with van der Waals surface area (Å²) in [7, 11) is 0. The molecule has 2 N–H and O–H groups in total. The molecule has 3 atom stereocenters. The number of pyridine rings is 1. The van der Waals surface area contributed by atoms with E-state index in [4.69, 9.17) is 14.7 Å². The van der Waals surface area contributed by atoms with Crippen LogP contribution in [0, 0.1) is 5.82 Å². The summed E-state index contributed by atoms with van der Waals surface area (Å²) in [5.74, 6) is -0.0971. The molecule has 5 aromatic rings. The molecule has 6 heterocycles. The maximum atomic E-state index is 17.1. The van der Waals surface area contributed by atoms with Crippen LogP contribution in [0.5, 0.6) is 6.01 Å². The number of anilines is 1. The number of benzene rings is 2. The van der Waals surface area contributed by atoms with Crippen molar-refractivity contribution in [3.63, 3.8) is 0 Å². The molecule has 3 fully saturated rings. The smallest absolute Gasteiger partial charge is 0.319 e. The maximum Gasteiger partial charge on any atom is 0.319 e. The molecule has 234 valence electrons. The van der Waals surface area contributed by atoms with Crippen molar-refractivity contribution in [1.29, 1.82) is 0 Å². The summed E-state index contributed by atoms with van der Waals surface area (Å²) in [5, 5.41) is 21.4. The monoisotopic (exact) mass is 613 g/mol. The number of hydrogen-bond donors (Lipinski definition) is 2. The Bertz CT molecular complexity index is 1950. The number of aliphatic hydroxyl groups is 1. The molecule has 3 aliphatic rings. The normalized spacial score (nSPS) is 25.5. The number of ether oxygens (including phenoxy) is 1. The van der Waals surface area contributed by atoms with E-state index in [2.05, 4.69) is 33.1 Å². The zero-order chi connectivity index (χ0) is 30.9. The second kappa shape index (κ2) is 10.6. The number of aromatic nitrogens is 5. The Morgan fingerprint density at radius 1 is 1.13 bits per heavy atom. The highest BCUT2D eigenvalue weighted by molar-refractivity contribution is 6.13. The number of aromatic amines is 1. The van der Waals surface area contributed by atoms with Crippen LogP contribution in [0.2, 0.25) is 0 Å². The van der Waals surface area contributed by atoms with Crippen LogP contribution in [0.25, 0.3) is 43.8 Å². The van der Waals surface area contributed by atoms with Crippen molar-refractivity contribution in [2.75, 3.05) is 37.7 Å². The van der Waals surface area contributed by atoms with Gasteiger partial charge in [-0.05, 0) is 68.0 Å².